The van der Waals surface area contributed by atoms with Gasteiger partial charge < -0.3 is 15.0 Å². The minimum Gasteiger partial charge on any atom is -0.396 e. The fourth-order valence-corrected chi connectivity index (χ4v) is 5.23. The monoisotopic (exact) mass is 392 g/mol. The fraction of sp³-hybridized carbons (Fsp3) is 0.364. The number of fused-ring (bicyclic) bond motifs is 2. The van der Waals surface area contributed by atoms with Gasteiger partial charge in [-0.1, -0.05) is 42.4 Å². The van der Waals surface area contributed by atoms with E-state index in [1.165, 1.54) is 23.1 Å². The van der Waals surface area contributed by atoms with Crippen molar-refractivity contribution in [3.63, 3.8) is 0 Å². The van der Waals surface area contributed by atoms with Gasteiger partial charge in [0, 0.05) is 25.1 Å². The Morgan fingerprint density at radius 1 is 1.11 bits per heavy atom. The first-order valence-corrected chi connectivity index (χ1v) is 10.8. The van der Waals surface area contributed by atoms with E-state index in [-0.39, 0.29) is 6.61 Å². The Balaban J connectivity index is 1.37. The lowest BCUT2D eigenvalue weighted by atomic mass is 9.85. The average molecular weight is 393 g/mol. The zero-order chi connectivity index (χ0) is 18.9. The zero-order valence-corrected chi connectivity index (χ0v) is 16.5. The Morgan fingerprint density at radius 2 is 2.00 bits per heavy atom. The second kappa shape index (κ2) is 7.53. The molecule has 4 aromatic rings. The lowest BCUT2D eigenvalue weighted by molar-refractivity contribution is 0.178. The Hall–Kier alpha value is -2.44. The summed E-state index contributed by atoms with van der Waals surface area (Å²) in [6, 6.07) is 15.0. The molecule has 1 aliphatic rings. The van der Waals surface area contributed by atoms with E-state index >= 15 is 0 Å². The number of aromatic nitrogens is 3. The average Bonchev–Trinajstić information content (AvgIpc) is 3.32. The summed E-state index contributed by atoms with van der Waals surface area (Å²) in [5, 5.41) is 14.2. The largest absolute Gasteiger partial charge is 0.396 e. The maximum absolute atomic E-state index is 9.65. The number of imidazole rings is 1. The van der Waals surface area contributed by atoms with Crippen molar-refractivity contribution in [2.75, 3.05) is 11.9 Å². The van der Waals surface area contributed by atoms with Crippen LogP contribution >= 0.6 is 11.3 Å². The molecule has 1 aliphatic carbocycles. The summed E-state index contributed by atoms with van der Waals surface area (Å²) in [5.74, 6) is 0.339. The van der Waals surface area contributed by atoms with Crippen molar-refractivity contribution in [2.45, 2.75) is 38.3 Å². The molecule has 0 amide bonds. The molecule has 28 heavy (non-hydrogen) atoms. The van der Waals surface area contributed by atoms with Gasteiger partial charge in [0.1, 0.15) is 0 Å². The minimum atomic E-state index is 0.256. The predicted octanol–water partition coefficient (Wildman–Crippen LogP) is 4.66. The van der Waals surface area contributed by atoms with Gasteiger partial charge in [0.2, 0.25) is 0 Å². The molecule has 0 radical (unpaired) electrons. The normalized spacial score (nSPS) is 20.0. The molecule has 5 nitrogen and oxygen atoms in total. The third-order valence-corrected chi connectivity index (χ3v) is 6.73. The van der Waals surface area contributed by atoms with Gasteiger partial charge in [-0.15, -0.1) is 0 Å². The second-order valence-corrected chi connectivity index (χ2v) is 8.69. The van der Waals surface area contributed by atoms with Crippen LogP contribution in [0.5, 0.6) is 0 Å². The second-order valence-electron chi connectivity index (χ2n) is 7.66. The van der Waals surface area contributed by atoms with Crippen molar-refractivity contribution in [1.82, 2.24) is 14.5 Å². The Morgan fingerprint density at radius 3 is 2.93 bits per heavy atom. The van der Waals surface area contributed by atoms with Crippen molar-refractivity contribution < 1.29 is 5.11 Å². The van der Waals surface area contributed by atoms with E-state index in [1.54, 1.807) is 11.3 Å². The molecule has 2 atom stereocenters. The number of nitrogens with one attached hydrogen (secondary N) is 1. The Bertz CT molecular complexity index is 1100. The third kappa shape index (κ3) is 3.38. The van der Waals surface area contributed by atoms with Crippen LogP contribution in [0.3, 0.4) is 0 Å². The van der Waals surface area contributed by atoms with E-state index in [4.69, 9.17) is 4.98 Å². The first-order valence-electron chi connectivity index (χ1n) is 9.97. The third-order valence-electron chi connectivity index (χ3n) is 5.79. The highest BCUT2D eigenvalue weighted by molar-refractivity contribution is 7.22. The van der Waals surface area contributed by atoms with Gasteiger partial charge in [-0.25, -0.2) is 9.97 Å². The number of hydrogen-bond acceptors (Lipinski definition) is 5. The van der Waals surface area contributed by atoms with Gasteiger partial charge in [-0.05, 0) is 42.7 Å². The molecule has 5 rings (SSSR count). The van der Waals surface area contributed by atoms with E-state index in [2.05, 4.69) is 45.2 Å². The van der Waals surface area contributed by atoms with Gasteiger partial charge in [0.05, 0.1) is 27.6 Å². The molecular formula is C22H24N4OS. The lowest BCUT2D eigenvalue weighted by Crippen LogP contribution is -2.34. The molecule has 2 aromatic carbocycles. The van der Waals surface area contributed by atoms with Crippen LogP contribution < -0.4 is 5.32 Å². The molecule has 0 saturated heterocycles. The molecule has 2 N–H and O–H groups in total. The van der Waals surface area contributed by atoms with E-state index in [0.717, 1.165) is 41.1 Å². The van der Waals surface area contributed by atoms with Crippen LogP contribution in [0.2, 0.25) is 0 Å². The van der Waals surface area contributed by atoms with Crippen molar-refractivity contribution in [3.8, 4) is 0 Å². The molecule has 144 valence electrons. The summed E-state index contributed by atoms with van der Waals surface area (Å²) in [6.07, 6.45) is 6.56. The van der Waals surface area contributed by atoms with Crippen LogP contribution in [0, 0.1) is 5.92 Å². The number of nitrogens with zero attached hydrogens (tertiary/aromatic N) is 3. The predicted molar refractivity (Wildman–Crippen MR) is 115 cm³/mol. The summed E-state index contributed by atoms with van der Waals surface area (Å²) in [6.45, 7) is 1.05. The summed E-state index contributed by atoms with van der Waals surface area (Å²) in [7, 11) is 0. The summed E-state index contributed by atoms with van der Waals surface area (Å²) < 4.78 is 3.38. The molecule has 1 saturated carbocycles. The van der Waals surface area contributed by atoms with Crippen LogP contribution in [0.15, 0.2) is 48.8 Å². The number of benzene rings is 2. The topological polar surface area (TPSA) is 63.0 Å². The SMILES string of the molecule is OCC1CCCCC1Nc1nc2ccc(Cn3cnc4ccccc43)cc2s1. The maximum atomic E-state index is 9.65. The first-order chi connectivity index (χ1) is 13.8. The smallest absolute Gasteiger partial charge is 0.184 e. The molecule has 2 heterocycles. The Kier molecular flexibility index (Phi) is 4.74. The molecular weight excluding hydrogens is 368 g/mol. The van der Waals surface area contributed by atoms with Gasteiger partial charge in [0.25, 0.3) is 0 Å². The molecule has 2 aromatic heterocycles. The quantitative estimate of drug-likeness (QED) is 0.519. The van der Waals surface area contributed by atoms with Gasteiger partial charge in [-0.3, -0.25) is 0 Å². The molecule has 0 aliphatic heterocycles. The van der Waals surface area contributed by atoms with Crippen molar-refractivity contribution in [2.24, 2.45) is 5.92 Å². The molecule has 1 fully saturated rings. The molecule has 0 bridgehead atoms. The lowest BCUT2D eigenvalue weighted by Gasteiger charge is -2.30. The highest BCUT2D eigenvalue weighted by Gasteiger charge is 2.25. The van der Waals surface area contributed by atoms with Gasteiger partial charge >= 0.3 is 0 Å². The maximum Gasteiger partial charge on any atom is 0.184 e. The van der Waals surface area contributed by atoms with Gasteiger partial charge in [0.15, 0.2) is 5.13 Å². The van der Waals surface area contributed by atoms with E-state index in [0.29, 0.717) is 12.0 Å². The van der Waals surface area contributed by atoms with E-state index in [9.17, 15) is 5.11 Å². The van der Waals surface area contributed by atoms with Crippen LogP contribution in [0.1, 0.15) is 31.2 Å². The van der Waals surface area contributed by atoms with Gasteiger partial charge in [-0.2, -0.15) is 0 Å². The van der Waals surface area contributed by atoms with Crippen molar-refractivity contribution in [1.29, 1.82) is 0 Å². The number of aliphatic hydroxyl groups is 1. The van der Waals surface area contributed by atoms with Crippen molar-refractivity contribution >= 4 is 37.7 Å². The number of thiazole rings is 1. The Labute approximate surface area is 168 Å². The zero-order valence-electron chi connectivity index (χ0n) is 15.7. The number of anilines is 1. The van der Waals surface area contributed by atoms with Crippen LogP contribution in [0.4, 0.5) is 5.13 Å². The number of rotatable bonds is 5. The van der Waals surface area contributed by atoms with Crippen LogP contribution in [-0.2, 0) is 6.54 Å². The van der Waals surface area contributed by atoms with Crippen LogP contribution in [0.25, 0.3) is 21.3 Å². The van der Waals surface area contributed by atoms with Crippen LogP contribution in [-0.4, -0.2) is 32.3 Å². The number of hydrogen-bond donors (Lipinski definition) is 2. The number of aliphatic hydroxyl groups excluding tert-OH is 1. The van der Waals surface area contributed by atoms with Crippen molar-refractivity contribution in [3.05, 3.63) is 54.4 Å². The fourth-order valence-electron chi connectivity index (χ4n) is 4.24. The first kappa shape index (κ1) is 17.6. The molecule has 0 spiro atoms. The summed E-state index contributed by atoms with van der Waals surface area (Å²) >= 11 is 1.71. The minimum absolute atomic E-state index is 0.256. The summed E-state index contributed by atoms with van der Waals surface area (Å²) in [5.41, 5.74) is 4.46. The standard InChI is InChI=1S/C22H24N4OS/c27-13-16-5-1-2-6-17(16)24-22-25-19-10-9-15(11-21(19)28-22)12-26-14-23-18-7-3-4-8-20(18)26/h3-4,7-11,14,16-17,27H,1-2,5-6,12-13H2,(H,24,25). The molecule has 6 heteroatoms. The number of para-hydroxylation sites is 2. The highest BCUT2D eigenvalue weighted by Crippen LogP contribution is 2.32. The highest BCUT2D eigenvalue weighted by atomic mass is 32.1. The van der Waals surface area contributed by atoms with E-state index in [1.807, 2.05) is 18.5 Å². The summed E-state index contributed by atoms with van der Waals surface area (Å²) in [4.78, 5) is 9.25. The van der Waals surface area contributed by atoms with E-state index < -0.39 is 0 Å². The molecule has 2 unspecified atom stereocenters.